The number of ether oxygens (including phenoxy) is 3. The van der Waals surface area contributed by atoms with Crippen molar-refractivity contribution >= 4 is 23.4 Å². The second-order valence-electron chi connectivity index (χ2n) is 7.14. The first-order chi connectivity index (χ1) is 14.5. The average molecular weight is 410 g/mol. The summed E-state index contributed by atoms with van der Waals surface area (Å²) < 4.78 is 16.0. The molecule has 1 fully saturated rings. The van der Waals surface area contributed by atoms with Crippen LogP contribution in [0.1, 0.15) is 43.9 Å². The van der Waals surface area contributed by atoms with Crippen LogP contribution >= 0.6 is 0 Å². The summed E-state index contributed by atoms with van der Waals surface area (Å²) in [6, 6.07) is 9.53. The van der Waals surface area contributed by atoms with Crippen molar-refractivity contribution in [1.82, 2.24) is 4.90 Å². The van der Waals surface area contributed by atoms with E-state index in [2.05, 4.69) is 5.32 Å². The molecule has 3 amide bonds. The molecule has 0 bridgehead atoms. The zero-order valence-electron chi connectivity index (χ0n) is 16.8. The molecule has 1 atom stereocenters. The van der Waals surface area contributed by atoms with Gasteiger partial charge in [0, 0.05) is 17.9 Å². The fourth-order valence-corrected chi connectivity index (χ4v) is 3.71. The van der Waals surface area contributed by atoms with Crippen molar-refractivity contribution in [1.29, 1.82) is 0 Å². The zero-order valence-corrected chi connectivity index (χ0v) is 16.8. The van der Waals surface area contributed by atoms with Crippen molar-refractivity contribution in [3.05, 3.63) is 53.1 Å². The first kappa shape index (κ1) is 19.9. The van der Waals surface area contributed by atoms with Gasteiger partial charge in [-0.1, -0.05) is 0 Å². The van der Waals surface area contributed by atoms with Gasteiger partial charge in [-0.15, -0.1) is 0 Å². The number of fused-ring (bicyclic) bond motifs is 1. The van der Waals surface area contributed by atoms with Crippen LogP contribution in [-0.2, 0) is 4.74 Å². The molecule has 4 rings (SSSR count). The van der Waals surface area contributed by atoms with Gasteiger partial charge in [0.1, 0.15) is 0 Å². The van der Waals surface area contributed by atoms with E-state index >= 15 is 0 Å². The Morgan fingerprint density at radius 1 is 1.07 bits per heavy atom. The van der Waals surface area contributed by atoms with Crippen molar-refractivity contribution in [2.75, 3.05) is 32.7 Å². The molecule has 0 aliphatic carbocycles. The highest BCUT2D eigenvalue weighted by molar-refractivity contribution is 6.22. The molecule has 2 aliphatic heterocycles. The Hall–Kier alpha value is -3.39. The van der Waals surface area contributed by atoms with Crippen LogP contribution < -0.4 is 14.8 Å². The van der Waals surface area contributed by atoms with Gasteiger partial charge in [-0.25, -0.2) is 0 Å². The Bertz CT molecular complexity index is 1010. The molecule has 1 saturated heterocycles. The number of benzene rings is 2. The molecular formula is C22H22N2O6. The Labute approximate surface area is 173 Å². The number of methoxy groups -OCH3 is 2. The molecule has 2 aromatic rings. The predicted molar refractivity (Wildman–Crippen MR) is 108 cm³/mol. The van der Waals surface area contributed by atoms with Gasteiger partial charge in [-0.3, -0.25) is 19.3 Å². The van der Waals surface area contributed by atoms with E-state index in [-0.39, 0.29) is 35.9 Å². The van der Waals surface area contributed by atoms with Crippen LogP contribution in [0.25, 0.3) is 0 Å². The molecule has 2 heterocycles. The Morgan fingerprint density at radius 3 is 2.53 bits per heavy atom. The van der Waals surface area contributed by atoms with E-state index in [1.165, 1.54) is 25.2 Å². The summed E-state index contributed by atoms with van der Waals surface area (Å²) in [6.45, 7) is 0.903. The number of hydrogen-bond donors (Lipinski definition) is 1. The van der Waals surface area contributed by atoms with Gasteiger partial charge in [-0.05, 0) is 49.2 Å². The summed E-state index contributed by atoms with van der Waals surface area (Å²) >= 11 is 0. The van der Waals surface area contributed by atoms with E-state index in [9.17, 15) is 14.4 Å². The van der Waals surface area contributed by atoms with Crippen LogP contribution in [0.15, 0.2) is 36.4 Å². The van der Waals surface area contributed by atoms with Gasteiger partial charge in [0.15, 0.2) is 11.5 Å². The Balaban J connectivity index is 1.51. The summed E-state index contributed by atoms with van der Waals surface area (Å²) in [4.78, 5) is 39.2. The fraction of sp³-hybridized carbons (Fsp3) is 0.318. The van der Waals surface area contributed by atoms with Gasteiger partial charge in [0.05, 0.1) is 38.0 Å². The molecule has 8 nitrogen and oxygen atoms in total. The molecule has 0 unspecified atom stereocenters. The molecular weight excluding hydrogens is 388 g/mol. The van der Waals surface area contributed by atoms with Crippen LogP contribution in [-0.4, -0.2) is 56.1 Å². The van der Waals surface area contributed by atoms with E-state index in [0.717, 1.165) is 12.8 Å². The van der Waals surface area contributed by atoms with Crippen molar-refractivity contribution < 1.29 is 28.6 Å². The lowest BCUT2D eigenvalue weighted by molar-refractivity contribution is 0.0475. The van der Waals surface area contributed by atoms with Gasteiger partial charge in [-0.2, -0.15) is 0 Å². The highest BCUT2D eigenvalue weighted by Crippen LogP contribution is 2.29. The summed E-state index contributed by atoms with van der Waals surface area (Å²) in [5.41, 5.74) is 1.41. The lowest BCUT2D eigenvalue weighted by atomic mass is 10.1. The predicted octanol–water partition coefficient (Wildman–Crippen LogP) is 2.73. The quantitative estimate of drug-likeness (QED) is 0.736. The van der Waals surface area contributed by atoms with Crippen LogP contribution in [0.2, 0.25) is 0 Å². The molecule has 8 heteroatoms. The number of amides is 3. The number of nitrogens with one attached hydrogen (secondary N) is 1. The second kappa shape index (κ2) is 8.16. The van der Waals surface area contributed by atoms with Gasteiger partial charge in [0.2, 0.25) is 0 Å². The maximum Gasteiger partial charge on any atom is 0.261 e. The van der Waals surface area contributed by atoms with Crippen molar-refractivity contribution in [2.24, 2.45) is 0 Å². The monoisotopic (exact) mass is 410 g/mol. The third kappa shape index (κ3) is 3.61. The minimum absolute atomic E-state index is 0.114. The van der Waals surface area contributed by atoms with E-state index in [4.69, 9.17) is 14.2 Å². The normalized spacial score (nSPS) is 17.8. The summed E-state index contributed by atoms with van der Waals surface area (Å²) in [5.74, 6) is -0.119. The maximum absolute atomic E-state index is 12.8. The Morgan fingerprint density at radius 2 is 1.83 bits per heavy atom. The highest BCUT2D eigenvalue weighted by Gasteiger charge is 2.37. The Kier molecular flexibility index (Phi) is 5.41. The number of anilines is 1. The minimum atomic E-state index is -0.371. The van der Waals surface area contributed by atoms with Crippen LogP contribution in [0.3, 0.4) is 0 Å². The van der Waals surface area contributed by atoms with E-state index in [0.29, 0.717) is 34.9 Å². The molecule has 156 valence electrons. The van der Waals surface area contributed by atoms with Crippen molar-refractivity contribution in [2.45, 2.75) is 18.9 Å². The molecule has 1 N–H and O–H groups in total. The first-order valence-corrected chi connectivity index (χ1v) is 9.67. The molecule has 30 heavy (non-hydrogen) atoms. The first-order valence-electron chi connectivity index (χ1n) is 9.67. The maximum atomic E-state index is 12.8. The van der Waals surface area contributed by atoms with Crippen molar-refractivity contribution in [3.63, 3.8) is 0 Å². The number of carbonyl (C=O) groups excluding carboxylic acids is 3. The number of hydrogen-bond acceptors (Lipinski definition) is 6. The minimum Gasteiger partial charge on any atom is -0.493 e. The van der Waals surface area contributed by atoms with Gasteiger partial charge in [0.25, 0.3) is 17.7 Å². The zero-order chi connectivity index (χ0) is 21.3. The summed E-state index contributed by atoms with van der Waals surface area (Å²) in [7, 11) is 3.01. The largest absolute Gasteiger partial charge is 0.493 e. The van der Waals surface area contributed by atoms with E-state index < -0.39 is 0 Å². The number of rotatable bonds is 6. The number of carbonyl (C=O) groups is 3. The van der Waals surface area contributed by atoms with E-state index in [1.54, 1.807) is 30.3 Å². The second-order valence-corrected chi connectivity index (χ2v) is 7.14. The lowest BCUT2D eigenvalue weighted by Gasteiger charge is -2.17. The fourth-order valence-electron chi connectivity index (χ4n) is 3.71. The standard InChI is InChI=1S/C22H22N2O6/c1-28-18-8-5-13(10-19(18)29-2)20(25)23-14-6-7-16-17(11-14)22(27)24(21(16)26)12-15-4-3-9-30-15/h5-8,10-11,15H,3-4,9,12H2,1-2H3,(H,23,25)/t15-/m1/s1. The lowest BCUT2D eigenvalue weighted by Crippen LogP contribution is -2.36. The van der Waals surface area contributed by atoms with E-state index in [1.807, 2.05) is 0 Å². The van der Waals surface area contributed by atoms with Gasteiger partial charge < -0.3 is 19.5 Å². The van der Waals surface area contributed by atoms with Crippen LogP contribution in [0.5, 0.6) is 11.5 Å². The number of imide groups is 1. The molecule has 0 spiro atoms. The third-order valence-corrected chi connectivity index (χ3v) is 5.28. The summed E-state index contributed by atoms with van der Waals surface area (Å²) in [5, 5.41) is 2.76. The van der Waals surface area contributed by atoms with Crippen LogP contribution in [0, 0.1) is 0 Å². The highest BCUT2D eigenvalue weighted by atomic mass is 16.5. The van der Waals surface area contributed by atoms with Crippen LogP contribution in [0.4, 0.5) is 5.69 Å². The SMILES string of the molecule is COc1ccc(C(=O)Nc2ccc3c(c2)C(=O)N(C[C@H]2CCCO2)C3=O)cc1OC. The molecule has 0 saturated carbocycles. The average Bonchev–Trinajstić information content (AvgIpc) is 3.36. The topological polar surface area (TPSA) is 94.2 Å². The smallest absolute Gasteiger partial charge is 0.261 e. The molecule has 0 radical (unpaired) electrons. The van der Waals surface area contributed by atoms with Crippen molar-refractivity contribution in [3.8, 4) is 11.5 Å². The van der Waals surface area contributed by atoms with Gasteiger partial charge >= 0.3 is 0 Å². The molecule has 2 aromatic carbocycles. The molecule has 2 aliphatic rings. The molecule has 0 aromatic heterocycles. The number of nitrogens with zero attached hydrogens (tertiary/aromatic N) is 1. The summed E-state index contributed by atoms with van der Waals surface area (Å²) in [6.07, 6.45) is 1.65. The third-order valence-electron chi connectivity index (χ3n) is 5.28.